The molecule has 2 aromatic rings. The Morgan fingerprint density at radius 1 is 1.33 bits per heavy atom. The molecule has 1 atom stereocenters. The summed E-state index contributed by atoms with van der Waals surface area (Å²) in [5, 5.41) is 0.697. The molecule has 0 N–H and O–H groups in total. The van der Waals surface area contributed by atoms with Crippen molar-refractivity contribution in [3.8, 4) is 5.75 Å². The first-order valence-corrected chi connectivity index (χ1v) is 5.91. The Morgan fingerprint density at radius 3 is 2.94 bits per heavy atom. The molecular formula is C14H16FNO2. The predicted molar refractivity (Wildman–Crippen MR) is 68.3 cm³/mol. The second kappa shape index (κ2) is 5.78. The highest BCUT2D eigenvalue weighted by Gasteiger charge is 2.07. The molecule has 96 valence electrons. The second-order valence-corrected chi connectivity index (χ2v) is 4.13. The van der Waals surface area contributed by atoms with E-state index in [0.717, 1.165) is 6.42 Å². The molecule has 3 nitrogen and oxygen atoms in total. The maximum atomic E-state index is 13.5. The van der Waals surface area contributed by atoms with Crippen LogP contribution in [0.3, 0.4) is 0 Å². The largest absolute Gasteiger partial charge is 0.493 e. The number of para-hydroxylation sites is 1. The fourth-order valence-corrected chi connectivity index (χ4v) is 1.69. The Bertz CT molecular complexity index is 530. The lowest BCUT2D eigenvalue weighted by Gasteiger charge is -2.12. The molecule has 0 aliphatic carbocycles. The average Bonchev–Trinajstić information content (AvgIpc) is 2.39. The second-order valence-electron chi connectivity index (χ2n) is 4.13. The summed E-state index contributed by atoms with van der Waals surface area (Å²) in [5.41, 5.74) is 0.342. The van der Waals surface area contributed by atoms with Crippen LogP contribution in [0.1, 0.15) is 13.3 Å². The summed E-state index contributed by atoms with van der Waals surface area (Å²) in [6.07, 6.45) is 2.49. The number of nitrogens with zero attached hydrogens (tertiary/aromatic N) is 1. The van der Waals surface area contributed by atoms with E-state index in [1.165, 1.54) is 6.07 Å². The predicted octanol–water partition coefficient (Wildman–Crippen LogP) is 3.18. The van der Waals surface area contributed by atoms with Crippen LogP contribution in [0, 0.1) is 5.82 Å². The molecule has 0 radical (unpaired) electrons. The van der Waals surface area contributed by atoms with Crippen molar-refractivity contribution in [2.45, 2.75) is 19.4 Å². The monoisotopic (exact) mass is 249 g/mol. The number of methoxy groups -OCH3 is 1. The van der Waals surface area contributed by atoms with E-state index < -0.39 is 0 Å². The van der Waals surface area contributed by atoms with Crippen LogP contribution in [0.15, 0.2) is 30.5 Å². The summed E-state index contributed by atoms with van der Waals surface area (Å²) < 4.78 is 24.3. The number of halogens is 1. The number of hydrogen-bond acceptors (Lipinski definition) is 3. The van der Waals surface area contributed by atoms with Gasteiger partial charge in [0.2, 0.25) is 0 Å². The van der Waals surface area contributed by atoms with E-state index in [2.05, 4.69) is 4.98 Å². The van der Waals surface area contributed by atoms with E-state index in [0.29, 0.717) is 23.3 Å². The zero-order valence-corrected chi connectivity index (χ0v) is 10.5. The van der Waals surface area contributed by atoms with Crippen LogP contribution in [0.4, 0.5) is 4.39 Å². The number of aromatic nitrogens is 1. The average molecular weight is 249 g/mol. The molecule has 0 aliphatic heterocycles. The van der Waals surface area contributed by atoms with Gasteiger partial charge < -0.3 is 9.47 Å². The standard InChI is InChI=1S/C14H16FNO2/c1-10(17-2)7-9-18-13-6-8-16-14-11(13)4-3-5-12(14)15/h3-6,8,10H,7,9H2,1-2H3. The summed E-state index contributed by atoms with van der Waals surface area (Å²) in [7, 11) is 1.67. The fourth-order valence-electron chi connectivity index (χ4n) is 1.69. The summed E-state index contributed by atoms with van der Waals surface area (Å²) in [6, 6.07) is 6.61. The number of ether oxygens (including phenoxy) is 2. The minimum atomic E-state index is -0.330. The van der Waals surface area contributed by atoms with Gasteiger partial charge in [0.25, 0.3) is 0 Å². The van der Waals surface area contributed by atoms with Gasteiger partial charge in [-0.1, -0.05) is 6.07 Å². The number of benzene rings is 1. The molecule has 1 unspecified atom stereocenters. The lowest BCUT2D eigenvalue weighted by Crippen LogP contribution is -2.10. The van der Waals surface area contributed by atoms with Crippen molar-refractivity contribution in [3.05, 3.63) is 36.3 Å². The Labute approximate surface area is 106 Å². The van der Waals surface area contributed by atoms with E-state index >= 15 is 0 Å². The quantitative estimate of drug-likeness (QED) is 0.815. The summed E-state index contributed by atoms with van der Waals surface area (Å²) >= 11 is 0. The van der Waals surface area contributed by atoms with Crippen LogP contribution in [0.2, 0.25) is 0 Å². The van der Waals surface area contributed by atoms with Gasteiger partial charge in [0, 0.05) is 25.1 Å². The maximum absolute atomic E-state index is 13.5. The number of fused-ring (bicyclic) bond motifs is 1. The maximum Gasteiger partial charge on any atom is 0.149 e. The van der Waals surface area contributed by atoms with E-state index in [-0.39, 0.29) is 11.9 Å². The van der Waals surface area contributed by atoms with Crippen molar-refractivity contribution in [2.75, 3.05) is 13.7 Å². The van der Waals surface area contributed by atoms with Gasteiger partial charge in [0.15, 0.2) is 0 Å². The van der Waals surface area contributed by atoms with E-state index in [1.807, 2.05) is 6.92 Å². The fraction of sp³-hybridized carbons (Fsp3) is 0.357. The van der Waals surface area contributed by atoms with Gasteiger partial charge in [-0.2, -0.15) is 0 Å². The van der Waals surface area contributed by atoms with Crippen molar-refractivity contribution in [3.63, 3.8) is 0 Å². The smallest absolute Gasteiger partial charge is 0.149 e. The van der Waals surface area contributed by atoms with Crippen molar-refractivity contribution < 1.29 is 13.9 Å². The Hall–Kier alpha value is -1.68. The van der Waals surface area contributed by atoms with Gasteiger partial charge in [-0.05, 0) is 25.1 Å². The number of rotatable bonds is 5. The zero-order valence-electron chi connectivity index (χ0n) is 10.5. The third-order valence-corrected chi connectivity index (χ3v) is 2.87. The Balaban J connectivity index is 2.16. The lowest BCUT2D eigenvalue weighted by molar-refractivity contribution is 0.0958. The summed E-state index contributed by atoms with van der Waals surface area (Å²) in [6.45, 7) is 2.51. The molecule has 0 fully saturated rings. The van der Waals surface area contributed by atoms with E-state index in [4.69, 9.17) is 9.47 Å². The third kappa shape index (κ3) is 2.76. The highest BCUT2D eigenvalue weighted by atomic mass is 19.1. The van der Waals surface area contributed by atoms with Crippen molar-refractivity contribution in [2.24, 2.45) is 0 Å². The lowest BCUT2D eigenvalue weighted by atomic mass is 10.2. The highest BCUT2D eigenvalue weighted by Crippen LogP contribution is 2.25. The number of hydrogen-bond donors (Lipinski definition) is 0. The molecule has 18 heavy (non-hydrogen) atoms. The van der Waals surface area contributed by atoms with Gasteiger partial charge in [-0.3, -0.25) is 4.98 Å². The van der Waals surface area contributed by atoms with Gasteiger partial charge >= 0.3 is 0 Å². The molecule has 1 aromatic heterocycles. The van der Waals surface area contributed by atoms with Crippen LogP contribution in [-0.2, 0) is 4.74 Å². The Morgan fingerprint density at radius 2 is 2.17 bits per heavy atom. The van der Waals surface area contributed by atoms with Crippen molar-refractivity contribution in [1.82, 2.24) is 4.98 Å². The van der Waals surface area contributed by atoms with Gasteiger partial charge in [0.1, 0.15) is 17.1 Å². The first kappa shape index (κ1) is 12.8. The summed E-state index contributed by atoms with van der Waals surface area (Å²) in [5.74, 6) is 0.325. The summed E-state index contributed by atoms with van der Waals surface area (Å²) in [4.78, 5) is 4.02. The van der Waals surface area contributed by atoms with Crippen molar-refractivity contribution in [1.29, 1.82) is 0 Å². The van der Waals surface area contributed by atoms with Crippen LogP contribution in [0.5, 0.6) is 5.75 Å². The van der Waals surface area contributed by atoms with Crippen LogP contribution in [-0.4, -0.2) is 24.8 Å². The topological polar surface area (TPSA) is 31.4 Å². The molecular weight excluding hydrogens is 233 g/mol. The first-order chi connectivity index (χ1) is 8.72. The highest BCUT2D eigenvalue weighted by molar-refractivity contribution is 5.85. The van der Waals surface area contributed by atoms with Crippen LogP contribution >= 0.6 is 0 Å². The molecule has 0 amide bonds. The number of pyridine rings is 1. The molecule has 2 rings (SSSR count). The minimum absolute atomic E-state index is 0.148. The van der Waals surface area contributed by atoms with Crippen LogP contribution in [0.25, 0.3) is 10.9 Å². The molecule has 0 saturated carbocycles. The van der Waals surface area contributed by atoms with E-state index in [1.54, 1.807) is 31.5 Å². The third-order valence-electron chi connectivity index (χ3n) is 2.87. The minimum Gasteiger partial charge on any atom is -0.493 e. The van der Waals surface area contributed by atoms with E-state index in [9.17, 15) is 4.39 Å². The molecule has 0 aliphatic rings. The van der Waals surface area contributed by atoms with Crippen LogP contribution < -0.4 is 4.74 Å². The molecule has 0 spiro atoms. The molecule has 1 aromatic carbocycles. The Kier molecular flexibility index (Phi) is 4.10. The molecule has 0 bridgehead atoms. The molecule has 4 heteroatoms. The molecule has 0 saturated heterocycles. The van der Waals surface area contributed by atoms with Gasteiger partial charge in [0.05, 0.1) is 12.7 Å². The first-order valence-electron chi connectivity index (χ1n) is 5.91. The van der Waals surface area contributed by atoms with Gasteiger partial charge in [-0.25, -0.2) is 4.39 Å². The SMILES string of the molecule is COC(C)CCOc1ccnc2c(F)cccc12. The van der Waals surface area contributed by atoms with Gasteiger partial charge in [-0.15, -0.1) is 0 Å². The molecule has 1 heterocycles. The normalized spacial score (nSPS) is 12.6. The van der Waals surface area contributed by atoms with Crippen molar-refractivity contribution >= 4 is 10.9 Å². The zero-order chi connectivity index (χ0) is 13.0.